The topological polar surface area (TPSA) is 68.5 Å². The van der Waals surface area contributed by atoms with Crippen molar-refractivity contribution in [2.24, 2.45) is 0 Å². The number of anilines is 1. The maximum Gasteiger partial charge on any atom is 0.411 e. The second-order valence-electron chi connectivity index (χ2n) is 3.78. The van der Waals surface area contributed by atoms with E-state index < -0.39 is 11.7 Å². The first-order valence-corrected chi connectivity index (χ1v) is 6.82. The van der Waals surface area contributed by atoms with Crippen LogP contribution in [0.4, 0.5) is 10.5 Å². The minimum atomic E-state index is -0.541. The lowest BCUT2D eigenvalue weighted by molar-refractivity contribution is 0.168. The van der Waals surface area contributed by atoms with Crippen LogP contribution < -0.4 is 10.9 Å². The van der Waals surface area contributed by atoms with Crippen molar-refractivity contribution < 1.29 is 13.9 Å². The maximum absolute atomic E-state index is 11.4. The molecule has 1 amide bonds. The summed E-state index contributed by atoms with van der Waals surface area (Å²) in [5, 5.41) is 3.94. The first-order chi connectivity index (χ1) is 9.13. The largest absolute Gasteiger partial charge is 0.450 e. The van der Waals surface area contributed by atoms with Crippen LogP contribution in [0, 0.1) is 0 Å². The fourth-order valence-corrected chi connectivity index (χ4v) is 2.17. The van der Waals surface area contributed by atoms with Crippen molar-refractivity contribution in [2.45, 2.75) is 12.3 Å². The quantitative estimate of drug-likeness (QED) is 0.694. The van der Waals surface area contributed by atoms with Crippen LogP contribution in [0.3, 0.4) is 0 Å². The molecule has 0 saturated carbocycles. The summed E-state index contributed by atoms with van der Waals surface area (Å²) in [5.41, 5.74) is 1.36. The standard InChI is InChI=1S/C13H12BrNO4/c1-2-18-13(17)15-9-3-4-10-8(7-14)5-12(16)19-11(10)6-9/h3-6H,2,7H2,1H3,(H,15,17). The van der Waals surface area contributed by atoms with Gasteiger partial charge in [0.1, 0.15) is 5.58 Å². The molecule has 0 atom stereocenters. The molecular weight excluding hydrogens is 314 g/mol. The van der Waals surface area contributed by atoms with E-state index in [1.165, 1.54) is 6.07 Å². The molecular formula is C13H12BrNO4. The zero-order valence-corrected chi connectivity index (χ0v) is 11.8. The van der Waals surface area contributed by atoms with Crippen LogP contribution in [-0.4, -0.2) is 12.7 Å². The molecule has 2 aromatic rings. The summed E-state index contributed by atoms with van der Waals surface area (Å²) >= 11 is 3.32. The number of amides is 1. The lowest BCUT2D eigenvalue weighted by Crippen LogP contribution is -2.13. The molecule has 0 bridgehead atoms. The Hall–Kier alpha value is -1.82. The van der Waals surface area contributed by atoms with E-state index in [-0.39, 0.29) is 0 Å². The summed E-state index contributed by atoms with van der Waals surface area (Å²) in [6.07, 6.45) is -0.541. The van der Waals surface area contributed by atoms with Gasteiger partial charge in [0, 0.05) is 28.5 Å². The van der Waals surface area contributed by atoms with Gasteiger partial charge in [-0.2, -0.15) is 0 Å². The molecule has 0 aliphatic rings. The molecule has 1 aromatic heterocycles. The number of ether oxygens (including phenoxy) is 1. The third-order valence-corrected chi connectivity index (χ3v) is 3.10. The highest BCUT2D eigenvalue weighted by Gasteiger charge is 2.07. The van der Waals surface area contributed by atoms with Gasteiger partial charge < -0.3 is 9.15 Å². The van der Waals surface area contributed by atoms with E-state index >= 15 is 0 Å². The van der Waals surface area contributed by atoms with Gasteiger partial charge in [-0.3, -0.25) is 5.32 Å². The van der Waals surface area contributed by atoms with Crippen molar-refractivity contribution in [3.8, 4) is 0 Å². The number of hydrogen-bond acceptors (Lipinski definition) is 4. The number of nitrogens with one attached hydrogen (secondary N) is 1. The number of halogens is 1. The molecule has 1 N–H and O–H groups in total. The van der Waals surface area contributed by atoms with Crippen LogP contribution in [-0.2, 0) is 10.1 Å². The highest BCUT2D eigenvalue weighted by atomic mass is 79.9. The number of rotatable bonds is 3. The van der Waals surface area contributed by atoms with E-state index in [0.29, 0.717) is 23.2 Å². The first kappa shape index (κ1) is 13.6. The van der Waals surface area contributed by atoms with Crippen LogP contribution in [0.15, 0.2) is 33.5 Å². The Bertz CT molecular complexity index is 665. The van der Waals surface area contributed by atoms with Crippen molar-refractivity contribution in [1.29, 1.82) is 0 Å². The molecule has 0 radical (unpaired) electrons. The minimum Gasteiger partial charge on any atom is -0.450 e. The molecule has 100 valence electrons. The molecule has 0 aliphatic carbocycles. The van der Waals surface area contributed by atoms with Gasteiger partial charge in [0.2, 0.25) is 0 Å². The Morgan fingerprint density at radius 3 is 2.89 bits per heavy atom. The highest BCUT2D eigenvalue weighted by molar-refractivity contribution is 9.08. The van der Waals surface area contributed by atoms with E-state index in [1.54, 1.807) is 25.1 Å². The molecule has 6 heteroatoms. The minimum absolute atomic E-state index is 0.294. The van der Waals surface area contributed by atoms with Crippen LogP contribution >= 0.6 is 15.9 Å². The molecule has 1 aromatic carbocycles. The summed E-state index contributed by atoms with van der Waals surface area (Å²) in [7, 11) is 0. The van der Waals surface area contributed by atoms with Gasteiger partial charge in [0.25, 0.3) is 0 Å². The summed E-state index contributed by atoms with van der Waals surface area (Å²) < 4.78 is 9.89. The molecule has 0 aliphatic heterocycles. The SMILES string of the molecule is CCOC(=O)Nc1ccc2c(CBr)cc(=O)oc2c1. The summed E-state index contributed by atoms with van der Waals surface area (Å²) in [6.45, 7) is 2.02. The fourth-order valence-electron chi connectivity index (χ4n) is 1.70. The number of benzene rings is 1. The number of carbonyl (C=O) groups is 1. The van der Waals surface area contributed by atoms with Crippen LogP contribution in [0.5, 0.6) is 0 Å². The zero-order valence-electron chi connectivity index (χ0n) is 10.2. The Labute approximate surface area is 117 Å². The van der Waals surface area contributed by atoms with Crippen LogP contribution in [0.1, 0.15) is 12.5 Å². The molecule has 19 heavy (non-hydrogen) atoms. The lowest BCUT2D eigenvalue weighted by atomic mass is 10.1. The second kappa shape index (κ2) is 5.88. The number of hydrogen-bond donors (Lipinski definition) is 1. The van der Waals surface area contributed by atoms with Crippen molar-refractivity contribution in [2.75, 3.05) is 11.9 Å². The van der Waals surface area contributed by atoms with Gasteiger partial charge in [-0.05, 0) is 24.6 Å². The average Bonchev–Trinajstić information content (AvgIpc) is 2.37. The molecule has 1 heterocycles. The Morgan fingerprint density at radius 1 is 1.42 bits per heavy atom. The van der Waals surface area contributed by atoms with E-state index in [9.17, 15) is 9.59 Å². The van der Waals surface area contributed by atoms with Crippen molar-refractivity contribution in [3.63, 3.8) is 0 Å². The number of fused-ring (bicyclic) bond motifs is 1. The Morgan fingerprint density at radius 2 is 2.21 bits per heavy atom. The van der Waals surface area contributed by atoms with Crippen molar-refractivity contribution in [3.05, 3.63) is 40.2 Å². The Balaban J connectivity index is 2.40. The van der Waals surface area contributed by atoms with Gasteiger partial charge in [-0.25, -0.2) is 9.59 Å². The second-order valence-corrected chi connectivity index (χ2v) is 4.34. The molecule has 0 fully saturated rings. The molecule has 2 rings (SSSR count). The molecule has 5 nitrogen and oxygen atoms in total. The summed E-state index contributed by atoms with van der Waals surface area (Å²) in [4.78, 5) is 22.7. The van der Waals surface area contributed by atoms with E-state index in [0.717, 1.165) is 10.9 Å². The van der Waals surface area contributed by atoms with E-state index in [2.05, 4.69) is 21.2 Å². The maximum atomic E-state index is 11.4. The predicted octanol–water partition coefficient (Wildman–Crippen LogP) is 3.26. The van der Waals surface area contributed by atoms with Crippen LogP contribution in [0.2, 0.25) is 0 Å². The number of alkyl halides is 1. The normalized spacial score (nSPS) is 10.4. The lowest BCUT2D eigenvalue weighted by Gasteiger charge is -2.07. The van der Waals surface area contributed by atoms with Gasteiger partial charge in [0.15, 0.2) is 0 Å². The molecule has 0 unspecified atom stereocenters. The monoisotopic (exact) mass is 325 g/mol. The van der Waals surface area contributed by atoms with Crippen molar-refractivity contribution >= 4 is 38.7 Å². The average molecular weight is 326 g/mol. The van der Waals surface area contributed by atoms with Gasteiger partial charge in [-0.1, -0.05) is 15.9 Å². The third-order valence-electron chi connectivity index (χ3n) is 2.50. The van der Waals surface area contributed by atoms with Gasteiger partial charge in [0.05, 0.1) is 6.61 Å². The summed E-state index contributed by atoms with van der Waals surface area (Å²) in [6, 6.07) is 6.55. The number of carbonyl (C=O) groups excluding carboxylic acids is 1. The highest BCUT2D eigenvalue weighted by Crippen LogP contribution is 2.22. The third kappa shape index (κ3) is 3.14. The van der Waals surface area contributed by atoms with Gasteiger partial charge >= 0.3 is 11.7 Å². The fraction of sp³-hybridized carbons (Fsp3) is 0.231. The first-order valence-electron chi connectivity index (χ1n) is 5.70. The Kier molecular flexibility index (Phi) is 4.21. The molecule has 0 spiro atoms. The van der Waals surface area contributed by atoms with E-state index in [4.69, 9.17) is 9.15 Å². The smallest absolute Gasteiger partial charge is 0.411 e. The van der Waals surface area contributed by atoms with Crippen LogP contribution in [0.25, 0.3) is 11.0 Å². The van der Waals surface area contributed by atoms with Gasteiger partial charge in [-0.15, -0.1) is 0 Å². The van der Waals surface area contributed by atoms with Crippen molar-refractivity contribution in [1.82, 2.24) is 0 Å². The van der Waals surface area contributed by atoms with E-state index in [1.807, 2.05) is 0 Å². The predicted molar refractivity (Wildman–Crippen MR) is 75.8 cm³/mol. The zero-order chi connectivity index (χ0) is 13.8. The summed E-state index contributed by atoms with van der Waals surface area (Å²) in [5.74, 6) is 0. The molecule has 0 saturated heterocycles.